The van der Waals surface area contributed by atoms with Gasteiger partial charge in [0.15, 0.2) is 5.84 Å². The molecule has 0 aliphatic rings. The summed E-state index contributed by atoms with van der Waals surface area (Å²) in [5.74, 6) is 0.144. The van der Waals surface area contributed by atoms with Crippen LogP contribution in [0, 0.1) is 0 Å². The van der Waals surface area contributed by atoms with Crippen LogP contribution in [0.2, 0.25) is 0 Å². The van der Waals surface area contributed by atoms with E-state index < -0.39 is 0 Å². The highest BCUT2D eigenvalue weighted by Gasteiger charge is 2.02. The molecule has 1 amide bonds. The van der Waals surface area contributed by atoms with Crippen LogP contribution in [-0.2, 0) is 11.3 Å². The van der Waals surface area contributed by atoms with Gasteiger partial charge < -0.3 is 16.3 Å². The topological polar surface area (TPSA) is 87.7 Å². The van der Waals surface area contributed by atoms with Crippen molar-refractivity contribution >= 4 is 11.7 Å². The fraction of sp³-hybridized carbons (Fsp3) is 0.385. The van der Waals surface area contributed by atoms with Gasteiger partial charge in [-0.25, -0.2) is 0 Å². The maximum absolute atomic E-state index is 11.4. The summed E-state index contributed by atoms with van der Waals surface area (Å²) in [7, 11) is 0. The van der Waals surface area contributed by atoms with E-state index in [1.54, 1.807) is 12.1 Å². The van der Waals surface area contributed by atoms with Crippen molar-refractivity contribution in [2.75, 3.05) is 0 Å². The Kier molecular flexibility index (Phi) is 5.70. The summed E-state index contributed by atoms with van der Waals surface area (Å²) in [5, 5.41) is 14.3. The van der Waals surface area contributed by atoms with Crippen LogP contribution in [-0.4, -0.2) is 17.0 Å². The summed E-state index contributed by atoms with van der Waals surface area (Å²) < 4.78 is 0. The molecule has 1 aromatic carbocycles. The normalized spacial score (nSPS) is 11.3. The predicted octanol–water partition coefficient (Wildman–Crippen LogP) is 1.59. The second kappa shape index (κ2) is 7.32. The van der Waals surface area contributed by atoms with E-state index >= 15 is 0 Å². The lowest BCUT2D eigenvalue weighted by Gasteiger charge is -2.05. The van der Waals surface area contributed by atoms with E-state index in [2.05, 4.69) is 17.4 Å². The van der Waals surface area contributed by atoms with Gasteiger partial charge in [0.2, 0.25) is 5.91 Å². The molecular weight excluding hydrogens is 230 g/mol. The number of amides is 1. The first-order chi connectivity index (χ1) is 8.67. The van der Waals surface area contributed by atoms with Gasteiger partial charge in [-0.3, -0.25) is 4.79 Å². The quantitative estimate of drug-likeness (QED) is 0.309. The molecule has 0 radical (unpaired) electrons. The molecule has 4 N–H and O–H groups in total. The number of oxime groups is 1. The minimum atomic E-state index is 0.0670. The van der Waals surface area contributed by atoms with Gasteiger partial charge in [-0.15, -0.1) is 0 Å². The van der Waals surface area contributed by atoms with Crippen LogP contribution in [0.15, 0.2) is 29.4 Å². The zero-order valence-electron chi connectivity index (χ0n) is 10.5. The fourth-order valence-corrected chi connectivity index (χ4v) is 1.48. The Labute approximate surface area is 107 Å². The van der Waals surface area contributed by atoms with Crippen molar-refractivity contribution < 1.29 is 10.0 Å². The van der Waals surface area contributed by atoms with E-state index in [-0.39, 0.29) is 11.7 Å². The summed E-state index contributed by atoms with van der Waals surface area (Å²) >= 11 is 0. The molecule has 98 valence electrons. The fourth-order valence-electron chi connectivity index (χ4n) is 1.48. The standard InChI is InChI=1S/C13H19N3O2/c1-2-3-4-12(17)15-9-10-5-7-11(8-6-10)13(14)16-18/h5-8,18H,2-4,9H2,1H3,(H2,14,16)(H,15,17). The van der Waals surface area contributed by atoms with E-state index in [9.17, 15) is 4.79 Å². The van der Waals surface area contributed by atoms with Crippen molar-refractivity contribution in [1.82, 2.24) is 5.32 Å². The maximum atomic E-state index is 11.4. The van der Waals surface area contributed by atoms with Gasteiger partial charge >= 0.3 is 0 Å². The number of hydrogen-bond acceptors (Lipinski definition) is 3. The van der Waals surface area contributed by atoms with Gasteiger partial charge in [-0.05, 0) is 12.0 Å². The van der Waals surface area contributed by atoms with Crippen LogP contribution in [0.1, 0.15) is 37.3 Å². The predicted molar refractivity (Wildman–Crippen MR) is 70.3 cm³/mol. The van der Waals surface area contributed by atoms with Crippen LogP contribution in [0.3, 0.4) is 0 Å². The first-order valence-electron chi connectivity index (χ1n) is 6.01. The number of nitrogens with two attached hydrogens (primary N) is 1. The molecule has 0 unspecified atom stereocenters. The summed E-state index contributed by atoms with van der Waals surface area (Å²) in [6, 6.07) is 7.19. The third kappa shape index (κ3) is 4.45. The molecule has 1 rings (SSSR count). The largest absolute Gasteiger partial charge is 0.409 e. The number of nitrogens with zero attached hydrogens (tertiary/aromatic N) is 1. The molecule has 5 heteroatoms. The molecule has 0 spiro atoms. The van der Waals surface area contributed by atoms with Gasteiger partial charge in [0, 0.05) is 18.5 Å². The molecule has 1 aromatic rings. The molecule has 0 atom stereocenters. The average molecular weight is 249 g/mol. The first kappa shape index (κ1) is 14.0. The molecule has 0 heterocycles. The van der Waals surface area contributed by atoms with Crippen molar-refractivity contribution in [1.29, 1.82) is 0 Å². The molecule has 0 saturated carbocycles. The lowest BCUT2D eigenvalue weighted by molar-refractivity contribution is -0.121. The number of unbranched alkanes of at least 4 members (excludes halogenated alkanes) is 1. The number of amidine groups is 1. The summed E-state index contributed by atoms with van der Waals surface area (Å²) in [6.07, 6.45) is 2.49. The number of benzene rings is 1. The zero-order chi connectivity index (χ0) is 13.4. The summed E-state index contributed by atoms with van der Waals surface area (Å²) in [4.78, 5) is 11.4. The van der Waals surface area contributed by atoms with Gasteiger partial charge in [0.05, 0.1) is 0 Å². The SMILES string of the molecule is CCCCC(=O)NCc1ccc(C(N)=NO)cc1. The lowest BCUT2D eigenvalue weighted by atomic mass is 10.1. The zero-order valence-corrected chi connectivity index (χ0v) is 10.5. The Morgan fingerprint density at radius 2 is 2.06 bits per heavy atom. The molecule has 0 aromatic heterocycles. The number of carbonyl (C=O) groups is 1. The molecule has 0 aliphatic carbocycles. The smallest absolute Gasteiger partial charge is 0.220 e. The Morgan fingerprint density at radius 3 is 2.61 bits per heavy atom. The minimum Gasteiger partial charge on any atom is -0.409 e. The van der Waals surface area contributed by atoms with Crippen molar-refractivity contribution in [3.05, 3.63) is 35.4 Å². The van der Waals surface area contributed by atoms with Crippen LogP contribution in [0.4, 0.5) is 0 Å². The monoisotopic (exact) mass is 249 g/mol. The lowest BCUT2D eigenvalue weighted by Crippen LogP contribution is -2.22. The third-order valence-corrected chi connectivity index (χ3v) is 2.60. The molecule has 0 aliphatic heterocycles. The molecule has 18 heavy (non-hydrogen) atoms. The van der Waals surface area contributed by atoms with Crippen LogP contribution in [0.25, 0.3) is 0 Å². The Balaban J connectivity index is 2.47. The van der Waals surface area contributed by atoms with Crippen LogP contribution in [0.5, 0.6) is 0 Å². The summed E-state index contributed by atoms with van der Waals surface area (Å²) in [6.45, 7) is 2.55. The van der Waals surface area contributed by atoms with Crippen LogP contribution >= 0.6 is 0 Å². The van der Waals surface area contributed by atoms with Gasteiger partial charge in [0.1, 0.15) is 0 Å². The van der Waals surface area contributed by atoms with Gasteiger partial charge in [0.25, 0.3) is 0 Å². The maximum Gasteiger partial charge on any atom is 0.220 e. The van der Waals surface area contributed by atoms with E-state index in [1.165, 1.54) is 0 Å². The van der Waals surface area contributed by atoms with E-state index in [1.807, 2.05) is 12.1 Å². The second-order valence-electron chi connectivity index (χ2n) is 4.06. The van der Waals surface area contributed by atoms with Gasteiger partial charge in [-0.2, -0.15) is 0 Å². The molecule has 0 bridgehead atoms. The molecule has 0 fully saturated rings. The number of rotatable bonds is 6. The minimum absolute atomic E-state index is 0.0670. The van der Waals surface area contributed by atoms with Crippen molar-refractivity contribution in [3.8, 4) is 0 Å². The molecular formula is C13H19N3O2. The van der Waals surface area contributed by atoms with Crippen LogP contribution < -0.4 is 11.1 Å². The first-order valence-corrected chi connectivity index (χ1v) is 6.01. The van der Waals surface area contributed by atoms with E-state index in [0.717, 1.165) is 18.4 Å². The van der Waals surface area contributed by atoms with Gasteiger partial charge in [-0.1, -0.05) is 42.8 Å². The summed E-state index contributed by atoms with van der Waals surface area (Å²) in [5.41, 5.74) is 7.08. The van der Waals surface area contributed by atoms with Crippen molar-refractivity contribution in [3.63, 3.8) is 0 Å². The highest BCUT2D eigenvalue weighted by atomic mass is 16.4. The van der Waals surface area contributed by atoms with E-state index in [4.69, 9.17) is 10.9 Å². The highest BCUT2D eigenvalue weighted by molar-refractivity contribution is 5.96. The highest BCUT2D eigenvalue weighted by Crippen LogP contribution is 2.04. The third-order valence-electron chi connectivity index (χ3n) is 2.60. The number of carbonyl (C=O) groups excluding carboxylic acids is 1. The van der Waals surface area contributed by atoms with E-state index in [0.29, 0.717) is 18.5 Å². The Hall–Kier alpha value is -2.04. The Morgan fingerprint density at radius 1 is 1.39 bits per heavy atom. The average Bonchev–Trinajstić information content (AvgIpc) is 2.42. The molecule has 5 nitrogen and oxygen atoms in total. The molecule has 0 saturated heterocycles. The second-order valence-corrected chi connectivity index (χ2v) is 4.06. The number of nitrogens with one attached hydrogen (secondary N) is 1. The Bertz CT molecular complexity index is 413. The number of hydrogen-bond donors (Lipinski definition) is 3. The van der Waals surface area contributed by atoms with Crippen molar-refractivity contribution in [2.24, 2.45) is 10.9 Å². The van der Waals surface area contributed by atoms with Crippen molar-refractivity contribution in [2.45, 2.75) is 32.7 Å².